The third-order valence-corrected chi connectivity index (χ3v) is 1.92. The van der Waals surface area contributed by atoms with Crippen LogP contribution in [0.1, 0.15) is 5.56 Å². The van der Waals surface area contributed by atoms with Gasteiger partial charge in [-0.25, -0.2) is 0 Å². The Hall–Kier alpha value is -1.35. The number of para-hydroxylation sites is 1. The van der Waals surface area contributed by atoms with Crippen molar-refractivity contribution in [3.8, 4) is 0 Å². The molecular weight excluding hydrogens is 190 g/mol. The monoisotopic (exact) mass is 197 g/mol. The van der Waals surface area contributed by atoms with Crippen LogP contribution in [-0.4, -0.2) is 4.92 Å². The van der Waals surface area contributed by atoms with E-state index in [1.807, 2.05) is 0 Å². The van der Waals surface area contributed by atoms with E-state index in [2.05, 4.69) is 6.58 Å². The first-order chi connectivity index (χ1) is 6.16. The van der Waals surface area contributed by atoms with Crippen molar-refractivity contribution in [1.82, 2.24) is 0 Å². The Kier molecular flexibility index (Phi) is 3.03. The summed E-state index contributed by atoms with van der Waals surface area (Å²) in [5, 5.41) is 10.8. The Morgan fingerprint density at radius 1 is 1.62 bits per heavy atom. The summed E-state index contributed by atoms with van der Waals surface area (Å²) in [5.41, 5.74) is 0.566. The molecule has 13 heavy (non-hydrogen) atoms. The first-order valence-electron chi connectivity index (χ1n) is 3.69. The molecule has 0 atom stereocenters. The SMILES string of the molecule is C=CCc1cccc(Cl)c1[N+](=O)[O-]. The molecule has 0 radical (unpaired) electrons. The van der Waals surface area contributed by atoms with E-state index < -0.39 is 4.92 Å². The second kappa shape index (κ2) is 4.05. The average molecular weight is 198 g/mol. The lowest BCUT2D eigenvalue weighted by atomic mass is 10.1. The van der Waals surface area contributed by atoms with Crippen LogP contribution in [0.15, 0.2) is 30.9 Å². The molecule has 0 spiro atoms. The highest BCUT2D eigenvalue weighted by Crippen LogP contribution is 2.28. The second-order valence-corrected chi connectivity index (χ2v) is 2.90. The second-order valence-electron chi connectivity index (χ2n) is 2.50. The van der Waals surface area contributed by atoms with Crippen LogP contribution in [-0.2, 0) is 6.42 Å². The minimum Gasteiger partial charge on any atom is -0.258 e. The molecule has 1 rings (SSSR count). The normalized spacial score (nSPS) is 9.62. The summed E-state index contributed by atoms with van der Waals surface area (Å²) in [6.07, 6.45) is 2.07. The zero-order valence-corrected chi connectivity index (χ0v) is 7.62. The van der Waals surface area contributed by atoms with E-state index >= 15 is 0 Å². The molecule has 0 aliphatic carbocycles. The van der Waals surface area contributed by atoms with Gasteiger partial charge in [-0.2, -0.15) is 0 Å². The van der Waals surface area contributed by atoms with Crippen molar-refractivity contribution >= 4 is 17.3 Å². The number of hydrogen-bond donors (Lipinski definition) is 0. The van der Waals surface area contributed by atoms with Gasteiger partial charge in [-0.05, 0) is 12.5 Å². The number of nitro benzene ring substituents is 1. The molecule has 68 valence electrons. The third-order valence-electron chi connectivity index (χ3n) is 1.62. The van der Waals surface area contributed by atoms with Crippen molar-refractivity contribution in [2.45, 2.75) is 6.42 Å². The quantitative estimate of drug-likeness (QED) is 0.425. The van der Waals surface area contributed by atoms with Crippen LogP contribution in [0.4, 0.5) is 5.69 Å². The van der Waals surface area contributed by atoms with Gasteiger partial charge in [-0.15, -0.1) is 6.58 Å². The standard InChI is InChI=1S/C9H8ClNO2/c1-2-4-7-5-3-6-8(10)9(7)11(12)13/h2-3,5-6H,1,4H2. The van der Waals surface area contributed by atoms with E-state index in [1.165, 1.54) is 6.07 Å². The highest BCUT2D eigenvalue weighted by Gasteiger charge is 2.16. The van der Waals surface area contributed by atoms with Gasteiger partial charge in [0, 0.05) is 5.56 Å². The molecule has 0 amide bonds. The Morgan fingerprint density at radius 3 is 2.85 bits per heavy atom. The summed E-state index contributed by atoms with van der Waals surface area (Å²) in [4.78, 5) is 10.1. The molecule has 0 N–H and O–H groups in total. The van der Waals surface area contributed by atoms with Crippen LogP contribution in [0.5, 0.6) is 0 Å². The van der Waals surface area contributed by atoms with Gasteiger partial charge < -0.3 is 0 Å². The smallest absolute Gasteiger partial charge is 0.258 e. The zero-order chi connectivity index (χ0) is 9.84. The van der Waals surface area contributed by atoms with Crippen LogP contribution in [0, 0.1) is 10.1 Å². The molecule has 1 aromatic rings. The summed E-state index contributed by atoms with van der Waals surface area (Å²) in [5.74, 6) is 0. The lowest BCUT2D eigenvalue weighted by Gasteiger charge is -2.00. The maximum atomic E-state index is 10.6. The highest BCUT2D eigenvalue weighted by molar-refractivity contribution is 6.32. The maximum Gasteiger partial charge on any atom is 0.291 e. The summed E-state index contributed by atoms with van der Waals surface area (Å²) in [6, 6.07) is 4.87. The van der Waals surface area contributed by atoms with Gasteiger partial charge >= 0.3 is 0 Å². The fourth-order valence-corrected chi connectivity index (χ4v) is 1.35. The van der Waals surface area contributed by atoms with Crippen LogP contribution < -0.4 is 0 Å². The number of allylic oxidation sites excluding steroid dienone is 1. The molecule has 0 aliphatic rings. The maximum absolute atomic E-state index is 10.6. The Balaban J connectivity index is 3.25. The van der Waals surface area contributed by atoms with Gasteiger partial charge in [-0.1, -0.05) is 29.8 Å². The molecule has 0 bridgehead atoms. The van der Waals surface area contributed by atoms with Crippen LogP contribution >= 0.6 is 11.6 Å². The van der Waals surface area contributed by atoms with Crippen molar-refractivity contribution in [1.29, 1.82) is 0 Å². The summed E-state index contributed by atoms with van der Waals surface area (Å²) in [7, 11) is 0. The molecule has 0 aliphatic heterocycles. The van der Waals surface area contributed by atoms with Crippen molar-refractivity contribution in [3.05, 3.63) is 51.6 Å². The first-order valence-corrected chi connectivity index (χ1v) is 4.07. The van der Waals surface area contributed by atoms with E-state index in [0.29, 0.717) is 12.0 Å². The summed E-state index contributed by atoms with van der Waals surface area (Å²) >= 11 is 5.68. The number of nitro groups is 1. The van der Waals surface area contributed by atoms with Crippen molar-refractivity contribution in [2.75, 3.05) is 0 Å². The van der Waals surface area contributed by atoms with E-state index in [9.17, 15) is 10.1 Å². The predicted octanol–water partition coefficient (Wildman–Crippen LogP) is 2.98. The molecule has 0 heterocycles. The predicted molar refractivity (Wildman–Crippen MR) is 52.0 cm³/mol. The van der Waals surface area contributed by atoms with Gasteiger partial charge in [-0.3, -0.25) is 10.1 Å². The number of hydrogen-bond acceptors (Lipinski definition) is 2. The van der Waals surface area contributed by atoms with Crippen LogP contribution in [0.25, 0.3) is 0 Å². The number of benzene rings is 1. The Labute approximate surface area is 80.8 Å². The van der Waals surface area contributed by atoms with E-state index in [0.717, 1.165) is 0 Å². The fraction of sp³-hybridized carbons (Fsp3) is 0.111. The minimum atomic E-state index is -0.471. The number of halogens is 1. The molecule has 3 nitrogen and oxygen atoms in total. The summed E-state index contributed by atoms with van der Waals surface area (Å²) < 4.78 is 0. The van der Waals surface area contributed by atoms with E-state index in [1.54, 1.807) is 18.2 Å². The highest BCUT2D eigenvalue weighted by atomic mass is 35.5. The molecule has 4 heteroatoms. The van der Waals surface area contributed by atoms with Gasteiger partial charge in [0.1, 0.15) is 5.02 Å². The number of nitrogens with zero attached hydrogens (tertiary/aromatic N) is 1. The van der Waals surface area contributed by atoms with Gasteiger partial charge in [0.2, 0.25) is 0 Å². The molecular formula is C9H8ClNO2. The molecule has 0 saturated heterocycles. The minimum absolute atomic E-state index is 0.0240. The third kappa shape index (κ3) is 2.06. The van der Waals surface area contributed by atoms with Gasteiger partial charge in [0.05, 0.1) is 4.92 Å². The lowest BCUT2D eigenvalue weighted by molar-refractivity contribution is -0.385. The van der Waals surface area contributed by atoms with Crippen molar-refractivity contribution < 1.29 is 4.92 Å². The Bertz CT molecular complexity index is 349. The Morgan fingerprint density at radius 2 is 2.31 bits per heavy atom. The lowest BCUT2D eigenvalue weighted by Crippen LogP contribution is -1.95. The molecule has 0 aromatic heterocycles. The largest absolute Gasteiger partial charge is 0.291 e. The molecule has 0 saturated carbocycles. The number of rotatable bonds is 3. The van der Waals surface area contributed by atoms with Gasteiger partial charge in [0.25, 0.3) is 5.69 Å². The molecule has 0 fully saturated rings. The van der Waals surface area contributed by atoms with Crippen LogP contribution in [0.3, 0.4) is 0 Å². The van der Waals surface area contributed by atoms with Crippen molar-refractivity contribution in [3.63, 3.8) is 0 Å². The average Bonchev–Trinajstić information content (AvgIpc) is 2.04. The van der Waals surface area contributed by atoms with E-state index in [-0.39, 0.29) is 10.7 Å². The topological polar surface area (TPSA) is 43.1 Å². The van der Waals surface area contributed by atoms with Crippen molar-refractivity contribution in [2.24, 2.45) is 0 Å². The molecule has 0 unspecified atom stereocenters. The van der Waals surface area contributed by atoms with E-state index in [4.69, 9.17) is 11.6 Å². The summed E-state index contributed by atoms with van der Waals surface area (Å²) in [6.45, 7) is 3.52. The first kappa shape index (κ1) is 9.74. The van der Waals surface area contributed by atoms with Gasteiger partial charge in [0.15, 0.2) is 0 Å². The fourth-order valence-electron chi connectivity index (χ4n) is 1.08. The molecule has 1 aromatic carbocycles. The van der Waals surface area contributed by atoms with Crippen LogP contribution in [0.2, 0.25) is 5.02 Å². The zero-order valence-electron chi connectivity index (χ0n) is 6.87.